The van der Waals surface area contributed by atoms with Crippen LogP contribution in [-0.4, -0.2) is 50.5 Å². The van der Waals surface area contributed by atoms with Gasteiger partial charge in [-0.1, -0.05) is 18.2 Å². The predicted octanol–water partition coefficient (Wildman–Crippen LogP) is 1.33. The standard InChI is InChI=1S/C16H17N5O3/c1-11-18-19-16(24-11)14-9-20(6-7-23-14)15(22)10-21-13-5-3-2-4-12(13)8-17-21/h2-5,8,14H,6-7,9-10H2,1H3/t14-/m0/s1. The molecule has 124 valence electrons. The molecule has 1 amide bonds. The maximum absolute atomic E-state index is 12.6. The molecule has 0 bridgehead atoms. The summed E-state index contributed by atoms with van der Waals surface area (Å²) in [4.78, 5) is 14.4. The number of rotatable bonds is 3. The fraction of sp³-hybridized carbons (Fsp3) is 0.375. The van der Waals surface area contributed by atoms with Crippen LogP contribution in [0.5, 0.6) is 0 Å². The summed E-state index contributed by atoms with van der Waals surface area (Å²) in [5, 5.41) is 13.1. The van der Waals surface area contributed by atoms with Crippen molar-refractivity contribution in [3.05, 3.63) is 42.2 Å². The van der Waals surface area contributed by atoms with Gasteiger partial charge in [0.05, 0.1) is 24.9 Å². The van der Waals surface area contributed by atoms with E-state index in [1.165, 1.54) is 0 Å². The van der Waals surface area contributed by atoms with Gasteiger partial charge in [0.15, 0.2) is 6.10 Å². The van der Waals surface area contributed by atoms with Crippen molar-refractivity contribution >= 4 is 16.8 Å². The van der Waals surface area contributed by atoms with Crippen molar-refractivity contribution in [3.63, 3.8) is 0 Å². The van der Waals surface area contributed by atoms with E-state index in [1.807, 2.05) is 24.3 Å². The molecule has 1 aliphatic rings. The predicted molar refractivity (Wildman–Crippen MR) is 84.0 cm³/mol. The van der Waals surface area contributed by atoms with E-state index >= 15 is 0 Å². The van der Waals surface area contributed by atoms with Crippen molar-refractivity contribution in [1.82, 2.24) is 24.9 Å². The van der Waals surface area contributed by atoms with Crippen molar-refractivity contribution in [3.8, 4) is 0 Å². The van der Waals surface area contributed by atoms with Gasteiger partial charge in [-0.3, -0.25) is 9.48 Å². The lowest BCUT2D eigenvalue weighted by Crippen LogP contribution is -2.43. The fourth-order valence-corrected chi connectivity index (χ4v) is 2.85. The molecule has 4 rings (SSSR count). The minimum atomic E-state index is -0.377. The molecular formula is C16H17N5O3. The average Bonchev–Trinajstić information content (AvgIpc) is 3.22. The van der Waals surface area contributed by atoms with Gasteiger partial charge in [-0.15, -0.1) is 10.2 Å². The SMILES string of the molecule is Cc1nnc([C@@H]2CN(C(=O)Cn3ncc4ccccc43)CCO2)o1. The molecule has 24 heavy (non-hydrogen) atoms. The van der Waals surface area contributed by atoms with Crippen LogP contribution in [0.15, 0.2) is 34.9 Å². The summed E-state index contributed by atoms with van der Waals surface area (Å²) in [5.74, 6) is 0.892. The van der Waals surface area contributed by atoms with Crippen LogP contribution < -0.4 is 0 Å². The van der Waals surface area contributed by atoms with Gasteiger partial charge in [-0.2, -0.15) is 5.10 Å². The van der Waals surface area contributed by atoms with Gasteiger partial charge in [-0.25, -0.2) is 0 Å². The number of aromatic nitrogens is 4. The van der Waals surface area contributed by atoms with Crippen LogP contribution in [0.4, 0.5) is 0 Å². The number of carbonyl (C=O) groups excluding carboxylic acids is 1. The monoisotopic (exact) mass is 327 g/mol. The highest BCUT2D eigenvalue weighted by Gasteiger charge is 2.29. The minimum Gasteiger partial charge on any atom is -0.423 e. The van der Waals surface area contributed by atoms with Gasteiger partial charge in [0.1, 0.15) is 6.54 Å². The van der Waals surface area contributed by atoms with Crippen LogP contribution >= 0.6 is 0 Å². The van der Waals surface area contributed by atoms with Crippen LogP contribution in [0.2, 0.25) is 0 Å². The van der Waals surface area contributed by atoms with Crippen molar-refractivity contribution in [2.45, 2.75) is 19.6 Å². The molecule has 8 nitrogen and oxygen atoms in total. The van der Waals surface area contributed by atoms with Gasteiger partial charge >= 0.3 is 0 Å². The lowest BCUT2D eigenvalue weighted by Gasteiger charge is -2.31. The van der Waals surface area contributed by atoms with E-state index in [2.05, 4.69) is 15.3 Å². The Morgan fingerprint density at radius 2 is 2.21 bits per heavy atom. The topological polar surface area (TPSA) is 86.3 Å². The third kappa shape index (κ3) is 2.76. The molecule has 0 spiro atoms. The number of para-hydroxylation sites is 1. The number of fused-ring (bicyclic) bond motifs is 1. The second kappa shape index (κ2) is 6.04. The van der Waals surface area contributed by atoms with E-state index in [4.69, 9.17) is 9.15 Å². The van der Waals surface area contributed by atoms with Crippen LogP contribution in [0.1, 0.15) is 17.9 Å². The quantitative estimate of drug-likeness (QED) is 0.721. The first-order valence-corrected chi connectivity index (χ1v) is 7.80. The lowest BCUT2D eigenvalue weighted by atomic mass is 10.2. The molecule has 3 aromatic rings. The maximum Gasteiger partial charge on any atom is 0.246 e. The Kier molecular flexibility index (Phi) is 3.73. The van der Waals surface area contributed by atoms with E-state index in [9.17, 15) is 4.79 Å². The number of nitrogens with zero attached hydrogens (tertiary/aromatic N) is 5. The Balaban J connectivity index is 1.48. The van der Waals surface area contributed by atoms with Crippen LogP contribution in [0, 0.1) is 6.92 Å². The minimum absolute atomic E-state index is 0.00612. The highest BCUT2D eigenvalue weighted by atomic mass is 16.5. The van der Waals surface area contributed by atoms with Gasteiger partial charge in [0.25, 0.3) is 0 Å². The first kappa shape index (κ1) is 14.8. The molecule has 0 saturated carbocycles. The summed E-state index contributed by atoms with van der Waals surface area (Å²) in [6.45, 7) is 3.31. The van der Waals surface area contributed by atoms with Gasteiger partial charge in [-0.05, 0) is 6.07 Å². The normalized spacial score (nSPS) is 18.2. The fourth-order valence-electron chi connectivity index (χ4n) is 2.85. The number of carbonyl (C=O) groups is 1. The Hall–Kier alpha value is -2.74. The maximum atomic E-state index is 12.6. The largest absolute Gasteiger partial charge is 0.423 e. The van der Waals surface area contributed by atoms with Gasteiger partial charge < -0.3 is 14.1 Å². The number of hydrogen-bond acceptors (Lipinski definition) is 6. The molecule has 8 heteroatoms. The molecule has 1 saturated heterocycles. The van der Waals surface area contributed by atoms with E-state index < -0.39 is 0 Å². The molecule has 3 heterocycles. The lowest BCUT2D eigenvalue weighted by molar-refractivity contribution is -0.140. The van der Waals surface area contributed by atoms with Crippen molar-refractivity contribution in [1.29, 1.82) is 0 Å². The summed E-state index contributed by atoms with van der Waals surface area (Å²) in [5.41, 5.74) is 0.947. The first-order chi connectivity index (χ1) is 11.7. The molecule has 1 atom stereocenters. The third-order valence-electron chi connectivity index (χ3n) is 4.07. The van der Waals surface area contributed by atoms with Crippen LogP contribution in [0.3, 0.4) is 0 Å². The van der Waals surface area contributed by atoms with E-state index in [0.717, 1.165) is 10.9 Å². The van der Waals surface area contributed by atoms with Gasteiger partial charge in [0.2, 0.25) is 17.7 Å². The number of hydrogen-bond donors (Lipinski definition) is 0. The number of aryl methyl sites for hydroxylation is 1. The molecular weight excluding hydrogens is 310 g/mol. The average molecular weight is 327 g/mol. The van der Waals surface area contributed by atoms with Crippen LogP contribution in [-0.2, 0) is 16.1 Å². The number of morpholine rings is 1. The molecule has 0 aliphatic carbocycles. The molecule has 1 aliphatic heterocycles. The van der Waals surface area contributed by atoms with E-state index in [0.29, 0.717) is 31.5 Å². The van der Waals surface area contributed by atoms with E-state index in [1.54, 1.807) is 22.7 Å². The Morgan fingerprint density at radius 3 is 3.04 bits per heavy atom. The molecule has 0 unspecified atom stereocenters. The summed E-state index contributed by atoms with van der Waals surface area (Å²) in [6.07, 6.45) is 1.39. The zero-order valence-corrected chi connectivity index (χ0v) is 13.3. The smallest absolute Gasteiger partial charge is 0.246 e. The number of ether oxygens (including phenoxy) is 1. The molecule has 1 aromatic carbocycles. The second-order valence-electron chi connectivity index (χ2n) is 5.72. The Labute approximate surface area is 138 Å². The van der Waals surface area contributed by atoms with Crippen molar-refractivity contribution < 1.29 is 13.9 Å². The second-order valence-corrected chi connectivity index (χ2v) is 5.72. The molecule has 2 aromatic heterocycles. The molecule has 0 N–H and O–H groups in total. The van der Waals surface area contributed by atoms with Crippen molar-refractivity contribution in [2.24, 2.45) is 0 Å². The summed E-state index contributed by atoms with van der Waals surface area (Å²) in [7, 11) is 0. The molecule has 0 radical (unpaired) electrons. The highest BCUT2D eigenvalue weighted by molar-refractivity contribution is 5.82. The van der Waals surface area contributed by atoms with Crippen LogP contribution in [0.25, 0.3) is 10.9 Å². The third-order valence-corrected chi connectivity index (χ3v) is 4.07. The van der Waals surface area contributed by atoms with E-state index in [-0.39, 0.29) is 18.6 Å². The first-order valence-electron chi connectivity index (χ1n) is 7.80. The summed E-state index contributed by atoms with van der Waals surface area (Å²) >= 11 is 0. The Morgan fingerprint density at radius 1 is 1.33 bits per heavy atom. The summed E-state index contributed by atoms with van der Waals surface area (Å²) in [6, 6.07) is 7.83. The Bertz CT molecular complexity index is 871. The highest BCUT2D eigenvalue weighted by Crippen LogP contribution is 2.21. The van der Waals surface area contributed by atoms with Gasteiger partial charge in [0, 0.05) is 18.9 Å². The number of amides is 1. The zero-order chi connectivity index (χ0) is 16.5. The zero-order valence-electron chi connectivity index (χ0n) is 13.3. The number of benzene rings is 1. The van der Waals surface area contributed by atoms with Crippen molar-refractivity contribution in [2.75, 3.05) is 19.7 Å². The summed E-state index contributed by atoms with van der Waals surface area (Å²) < 4.78 is 12.8. The molecule has 1 fully saturated rings.